The van der Waals surface area contributed by atoms with Gasteiger partial charge in [0.05, 0.1) is 0 Å². The number of rotatable bonds is 11. The van der Waals surface area contributed by atoms with Crippen molar-refractivity contribution in [2.45, 2.75) is 27.7 Å². The molecule has 40 heavy (non-hydrogen) atoms. The van der Waals surface area contributed by atoms with E-state index in [2.05, 4.69) is 0 Å². The number of ether oxygens (including phenoxy) is 2. The molecule has 0 heterocycles. The molecule has 0 radical (unpaired) electrons. The number of carbonyl (C=O) groups excluding carboxylic acids is 2. The summed E-state index contributed by atoms with van der Waals surface area (Å²) in [5, 5.41) is 0. The van der Waals surface area contributed by atoms with E-state index in [1.165, 1.54) is 0 Å². The highest BCUT2D eigenvalue weighted by molar-refractivity contribution is 5.96. The van der Waals surface area contributed by atoms with Crippen LogP contribution in [0.3, 0.4) is 0 Å². The molecule has 4 aromatic rings. The van der Waals surface area contributed by atoms with E-state index in [1.807, 2.05) is 125 Å². The first-order valence-corrected chi connectivity index (χ1v) is 13.4. The van der Waals surface area contributed by atoms with Crippen LogP contribution in [0.4, 0.5) is 11.4 Å². The maximum Gasteiger partial charge on any atom is 0.264 e. The predicted octanol–water partition coefficient (Wildman–Crippen LogP) is 6.44. The molecule has 0 spiro atoms. The Bertz CT molecular complexity index is 1330. The normalized spacial score (nSPS) is 10.6. The SMILES string of the molecule is Cc1ccc(C)c(OCC(=O)N(CCN(C(=O)COc2cc(C)ccc2C)c2ccccc2)c2ccccc2)c1. The van der Waals surface area contributed by atoms with Gasteiger partial charge in [-0.3, -0.25) is 9.59 Å². The molecule has 0 aliphatic heterocycles. The summed E-state index contributed by atoms with van der Waals surface area (Å²) in [5.41, 5.74) is 5.54. The Balaban J connectivity index is 1.51. The number of anilines is 2. The molecule has 0 atom stereocenters. The first-order chi connectivity index (χ1) is 19.3. The molecule has 0 bridgehead atoms. The monoisotopic (exact) mass is 536 g/mol. The second-order valence-corrected chi connectivity index (χ2v) is 9.88. The lowest BCUT2D eigenvalue weighted by atomic mass is 10.1. The Morgan fingerprint density at radius 1 is 0.550 bits per heavy atom. The lowest BCUT2D eigenvalue weighted by Crippen LogP contribution is -2.44. The molecule has 0 aromatic heterocycles. The third kappa shape index (κ3) is 7.50. The van der Waals surface area contributed by atoms with Crippen molar-refractivity contribution in [1.29, 1.82) is 0 Å². The summed E-state index contributed by atoms with van der Waals surface area (Å²) >= 11 is 0. The van der Waals surface area contributed by atoms with E-state index in [0.29, 0.717) is 11.5 Å². The largest absolute Gasteiger partial charge is 0.483 e. The minimum atomic E-state index is -0.195. The van der Waals surface area contributed by atoms with Gasteiger partial charge in [0, 0.05) is 24.5 Å². The predicted molar refractivity (Wildman–Crippen MR) is 160 cm³/mol. The zero-order chi connectivity index (χ0) is 28.5. The van der Waals surface area contributed by atoms with Crippen molar-refractivity contribution in [2.24, 2.45) is 0 Å². The molecule has 0 N–H and O–H groups in total. The Labute approximate surface area is 236 Å². The van der Waals surface area contributed by atoms with Gasteiger partial charge in [0.2, 0.25) is 0 Å². The van der Waals surface area contributed by atoms with Crippen molar-refractivity contribution in [1.82, 2.24) is 0 Å². The van der Waals surface area contributed by atoms with Crippen LogP contribution >= 0.6 is 0 Å². The Hall–Kier alpha value is -4.58. The Morgan fingerprint density at radius 3 is 1.30 bits per heavy atom. The lowest BCUT2D eigenvalue weighted by molar-refractivity contribution is -0.122. The van der Waals surface area contributed by atoms with Crippen LogP contribution in [0.1, 0.15) is 22.3 Å². The molecule has 0 aliphatic carbocycles. The zero-order valence-electron chi connectivity index (χ0n) is 23.6. The van der Waals surface area contributed by atoms with Crippen molar-refractivity contribution in [2.75, 3.05) is 36.1 Å². The van der Waals surface area contributed by atoms with Gasteiger partial charge < -0.3 is 19.3 Å². The molecule has 0 aliphatic rings. The van der Waals surface area contributed by atoms with Crippen LogP contribution in [-0.2, 0) is 9.59 Å². The molecular weight excluding hydrogens is 500 g/mol. The van der Waals surface area contributed by atoms with Gasteiger partial charge in [0.25, 0.3) is 11.8 Å². The van der Waals surface area contributed by atoms with Gasteiger partial charge in [-0.2, -0.15) is 0 Å². The Kier molecular flexibility index (Phi) is 9.57. The summed E-state index contributed by atoms with van der Waals surface area (Å²) in [6.07, 6.45) is 0. The van der Waals surface area contributed by atoms with E-state index >= 15 is 0 Å². The van der Waals surface area contributed by atoms with Crippen molar-refractivity contribution >= 4 is 23.2 Å². The number of hydrogen-bond donors (Lipinski definition) is 0. The van der Waals surface area contributed by atoms with E-state index in [-0.39, 0.29) is 38.1 Å². The third-order valence-corrected chi connectivity index (χ3v) is 6.67. The van der Waals surface area contributed by atoms with Gasteiger partial charge in [-0.15, -0.1) is 0 Å². The maximum atomic E-state index is 13.5. The molecule has 6 heteroatoms. The summed E-state index contributed by atoms with van der Waals surface area (Å²) in [7, 11) is 0. The number of benzene rings is 4. The lowest BCUT2D eigenvalue weighted by Gasteiger charge is -2.28. The summed E-state index contributed by atoms with van der Waals surface area (Å²) in [4.78, 5) is 30.3. The van der Waals surface area contributed by atoms with Gasteiger partial charge in [-0.1, -0.05) is 60.7 Å². The fraction of sp³-hybridized carbons (Fsp3) is 0.235. The van der Waals surface area contributed by atoms with E-state index in [0.717, 1.165) is 33.6 Å². The molecule has 0 fully saturated rings. The van der Waals surface area contributed by atoms with Crippen LogP contribution in [0.5, 0.6) is 11.5 Å². The van der Waals surface area contributed by atoms with Gasteiger partial charge in [-0.25, -0.2) is 0 Å². The third-order valence-electron chi connectivity index (χ3n) is 6.67. The molecule has 0 saturated heterocycles. The van der Waals surface area contributed by atoms with Gasteiger partial charge >= 0.3 is 0 Å². The number of amides is 2. The summed E-state index contributed by atoms with van der Waals surface area (Å²) < 4.78 is 11.9. The molecule has 0 saturated carbocycles. The summed E-state index contributed by atoms with van der Waals surface area (Å²) in [5.74, 6) is 0.982. The second-order valence-electron chi connectivity index (χ2n) is 9.88. The van der Waals surface area contributed by atoms with E-state index < -0.39 is 0 Å². The van der Waals surface area contributed by atoms with Crippen LogP contribution in [0, 0.1) is 27.7 Å². The number of hydrogen-bond acceptors (Lipinski definition) is 4. The molecule has 2 amide bonds. The molecule has 0 unspecified atom stereocenters. The van der Waals surface area contributed by atoms with E-state index in [4.69, 9.17) is 9.47 Å². The topological polar surface area (TPSA) is 59.1 Å². The quantitative estimate of drug-likeness (QED) is 0.221. The van der Waals surface area contributed by atoms with Crippen LogP contribution in [0.25, 0.3) is 0 Å². The average Bonchev–Trinajstić information content (AvgIpc) is 2.97. The zero-order valence-corrected chi connectivity index (χ0v) is 23.6. The van der Waals surface area contributed by atoms with E-state index in [9.17, 15) is 9.59 Å². The minimum absolute atomic E-state index is 0.117. The number of para-hydroxylation sites is 2. The Morgan fingerprint density at radius 2 is 0.925 bits per heavy atom. The van der Waals surface area contributed by atoms with Crippen LogP contribution < -0.4 is 19.3 Å². The van der Waals surface area contributed by atoms with Gasteiger partial charge in [-0.05, 0) is 86.3 Å². The van der Waals surface area contributed by atoms with E-state index in [1.54, 1.807) is 9.80 Å². The van der Waals surface area contributed by atoms with Crippen LogP contribution in [-0.4, -0.2) is 38.1 Å². The van der Waals surface area contributed by atoms with Crippen molar-refractivity contribution in [3.05, 3.63) is 119 Å². The molecule has 206 valence electrons. The summed E-state index contributed by atoms with van der Waals surface area (Å²) in [6.45, 7) is 8.22. The molecule has 6 nitrogen and oxygen atoms in total. The first-order valence-electron chi connectivity index (χ1n) is 13.4. The minimum Gasteiger partial charge on any atom is -0.483 e. The number of aryl methyl sites for hydroxylation is 4. The van der Waals surface area contributed by atoms with Gasteiger partial charge in [0.1, 0.15) is 11.5 Å². The highest BCUT2D eigenvalue weighted by atomic mass is 16.5. The highest BCUT2D eigenvalue weighted by Crippen LogP contribution is 2.22. The van der Waals surface area contributed by atoms with Crippen LogP contribution in [0.15, 0.2) is 97.1 Å². The van der Waals surface area contributed by atoms with Gasteiger partial charge in [0.15, 0.2) is 13.2 Å². The first kappa shape index (κ1) is 28.4. The van der Waals surface area contributed by atoms with Crippen molar-refractivity contribution < 1.29 is 19.1 Å². The fourth-order valence-corrected chi connectivity index (χ4v) is 4.37. The molecule has 4 rings (SSSR count). The van der Waals surface area contributed by atoms with Crippen molar-refractivity contribution in [3.63, 3.8) is 0 Å². The number of carbonyl (C=O) groups is 2. The smallest absolute Gasteiger partial charge is 0.264 e. The maximum absolute atomic E-state index is 13.5. The number of nitrogens with zero attached hydrogens (tertiary/aromatic N) is 2. The standard InChI is InChI=1S/C34H36N2O4/c1-25-15-17-27(3)31(21-25)39-23-33(37)35(29-11-7-5-8-12-29)19-20-36(30-13-9-6-10-14-30)34(38)24-40-32-22-26(2)16-18-28(32)4/h5-18,21-22H,19-20,23-24H2,1-4H3. The second kappa shape index (κ2) is 13.5. The van der Waals surface area contributed by atoms with Crippen LogP contribution in [0.2, 0.25) is 0 Å². The summed E-state index contributed by atoms with van der Waals surface area (Å²) in [6, 6.07) is 30.7. The molecular formula is C34H36N2O4. The molecule has 4 aromatic carbocycles. The average molecular weight is 537 g/mol. The fourth-order valence-electron chi connectivity index (χ4n) is 4.37. The highest BCUT2D eigenvalue weighted by Gasteiger charge is 2.22. The van der Waals surface area contributed by atoms with Crippen molar-refractivity contribution in [3.8, 4) is 11.5 Å².